The number of hydrogen-bond donors (Lipinski definition) is 1. The van der Waals surface area contributed by atoms with Crippen LogP contribution in [-0.4, -0.2) is 55.4 Å². The van der Waals surface area contributed by atoms with E-state index >= 15 is 0 Å². The van der Waals surface area contributed by atoms with Crippen LogP contribution < -0.4 is 15.5 Å². The first-order valence-electron chi connectivity index (χ1n) is 7.00. The topological polar surface area (TPSA) is 67.5 Å². The van der Waals surface area contributed by atoms with Crippen LogP contribution >= 0.6 is 0 Å². The van der Waals surface area contributed by atoms with Gasteiger partial charge in [-0.15, -0.1) is 0 Å². The highest BCUT2D eigenvalue weighted by molar-refractivity contribution is 5.51. The summed E-state index contributed by atoms with van der Waals surface area (Å²) in [7, 11) is 0. The van der Waals surface area contributed by atoms with E-state index < -0.39 is 0 Å². The fraction of sp³-hybridized carbons (Fsp3) is 0.692. The summed E-state index contributed by atoms with van der Waals surface area (Å²) in [6.07, 6.45) is 4.16. The summed E-state index contributed by atoms with van der Waals surface area (Å²) < 4.78 is 5.48. The van der Waals surface area contributed by atoms with Gasteiger partial charge in [-0.25, -0.2) is 9.97 Å². The molecule has 0 aliphatic carbocycles. The first-order valence-corrected chi connectivity index (χ1v) is 7.00. The highest BCUT2D eigenvalue weighted by Gasteiger charge is 2.24. The highest BCUT2D eigenvalue weighted by Crippen LogP contribution is 2.23. The standard InChI is InChI=1S/C13H21N5O/c14-8-11-9-19-6-5-18(11)13-7-12(15-10-16-13)17-3-1-2-4-17/h7,10-11H,1-6,8-9,14H2. The van der Waals surface area contributed by atoms with E-state index in [1.807, 2.05) is 0 Å². The van der Waals surface area contributed by atoms with Gasteiger partial charge in [0.25, 0.3) is 0 Å². The lowest BCUT2D eigenvalue weighted by Gasteiger charge is -2.36. The number of nitrogens with two attached hydrogens (primary N) is 1. The fourth-order valence-corrected chi connectivity index (χ4v) is 2.77. The van der Waals surface area contributed by atoms with Gasteiger partial charge in [0.2, 0.25) is 0 Å². The van der Waals surface area contributed by atoms with Crippen molar-refractivity contribution in [3.05, 3.63) is 12.4 Å². The van der Waals surface area contributed by atoms with Crippen molar-refractivity contribution in [1.29, 1.82) is 0 Å². The van der Waals surface area contributed by atoms with Crippen LogP contribution in [0.4, 0.5) is 11.6 Å². The van der Waals surface area contributed by atoms with E-state index in [1.165, 1.54) is 12.8 Å². The lowest BCUT2D eigenvalue weighted by atomic mass is 10.2. The largest absolute Gasteiger partial charge is 0.377 e. The van der Waals surface area contributed by atoms with E-state index in [1.54, 1.807) is 6.33 Å². The lowest BCUT2D eigenvalue weighted by molar-refractivity contribution is 0.0958. The van der Waals surface area contributed by atoms with Gasteiger partial charge in [0.15, 0.2) is 0 Å². The van der Waals surface area contributed by atoms with E-state index in [2.05, 4.69) is 25.8 Å². The van der Waals surface area contributed by atoms with Crippen LogP contribution in [0.25, 0.3) is 0 Å². The van der Waals surface area contributed by atoms with Crippen molar-refractivity contribution in [3.8, 4) is 0 Å². The summed E-state index contributed by atoms with van der Waals surface area (Å²) >= 11 is 0. The molecule has 1 unspecified atom stereocenters. The van der Waals surface area contributed by atoms with Crippen molar-refractivity contribution in [2.24, 2.45) is 5.73 Å². The second-order valence-electron chi connectivity index (χ2n) is 5.09. The average Bonchev–Trinajstić information content (AvgIpc) is 3.01. The summed E-state index contributed by atoms with van der Waals surface area (Å²) in [4.78, 5) is 13.4. The van der Waals surface area contributed by atoms with Crippen molar-refractivity contribution in [3.63, 3.8) is 0 Å². The Hall–Kier alpha value is -1.40. The number of nitrogens with zero attached hydrogens (tertiary/aromatic N) is 4. The zero-order chi connectivity index (χ0) is 13.1. The zero-order valence-corrected chi connectivity index (χ0v) is 11.2. The summed E-state index contributed by atoms with van der Waals surface area (Å²) in [5.74, 6) is 2.00. The number of aromatic nitrogens is 2. The average molecular weight is 263 g/mol. The number of anilines is 2. The molecule has 0 bridgehead atoms. The normalized spacial score (nSPS) is 23.9. The van der Waals surface area contributed by atoms with E-state index in [0.717, 1.165) is 37.9 Å². The van der Waals surface area contributed by atoms with Crippen molar-refractivity contribution in [1.82, 2.24) is 9.97 Å². The Morgan fingerprint density at radius 2 is 2.00 bits per heavy atom. The van der Waals surface area contributed by atoms with Crippen LogP contribution in [-0.2, 0) is 4.74 Å². The van der Waals surface area contributed by atoms with Crippen LogP contribution in [0.3, 0.4) is 0 Å². The maximum absolute atomic E-state index is 5.82. The molecule has 2 fully saturated rings. The quantitative estimate of drug-likeness (QED) is 0.842. The molecule has 3 rings (SSSR count). The van der Waals surface area contributed by atoms with Crippen molar-refractivity contribution < 1.29 is 4.74 Å². The molecule has 2 aliphatic heterocycles. The maximum atomic E-state index is 5.82. The predicted octanol–water partition coefficient (Wildman–Crippen LogP) is 0.241. The van der Waals surface area contributed by atoms with Crippen LogP contribution in [0.1, 0.15) is 12.8 Å². The Bertz CT molecular complexity index is 421. The molecule has 19 heavy (non-hydrogen) atoms. The third-order valence-corrected chi connectivity index (χ3v) is 3.86. The molecule has 0 radical (unpaired) electrons. The molecular formula is C13H21N5O. The van der Waals surface area contributed by atoms with Crippen molar-refractivity contribution in [2.75, 3.05) is 49.2 Å². The lowest BCUT2D eigenvalue weighted by Crippen LogP contribution is -2.49. The van der Waals surface area contributed by atoms with E-state index in [-0.39, 0.29) is 6.04 Å². The molecule has 104 valence electrons. The molecule has 6 nitrogen and oxygen atoms in total. The summed E-state index contributed by atoms with van der Waals surface area (Å²) in [6.45, 7) is 5.04. The van der Waals surface area contributed by atoms with Gasteiger partial charge < -0.3 is 20.3 Å². The van der Waals surface area contributed by atoms with E-state index in [4.69, 9.17) is 10.5 Å². The molecule has 6 heteroatoms. The minimum Gasteiger partial charge on any atom is -0.377 e. The molecule has 3 heterocycles. The van der Waals surface area contributed by atoms with Gasteiger partial charge in [-0.1, -0.05) is 0 Å². The van der Waals surface area contributed by atoms with E-state index in [0.29, 0.717) is 13.2 Å². The van der Waals surface area contributed by atoms with Crippen molar-refractivity contribution >= 4 is 11.6 Å². The Morgan fingerprint density at radius 3 is 2.79 bits per heavy atom. The van der Waals surface area contributed by atoms with Crippen molar-refractivity contribution in [2.45, 2.75) is 18.9 Å². The fourth-order valence-electron chi connectivity index (χ4n) is 2.77. The molecule has 0 amide bonds. The second kappa shape index (κ2) is 5.71. The first-order chi connectivity index (χ1) is 9.38. The summed E-state index contributed by atoms with van der Waals surface area (Å²) in [6, 6.07) is 2.30. The smallest absolute Gasteiger partial charge is 0.134 e. The number of hydrogen-bond acceptors (Lipinski definition) is 6. The molecule has 2 saturated heterocycles. The first kappa shape index (κ1) is 12.6. The number of rotatable bonds is 3. The van der Waals surface area contributed by atoms with Crippen LogP contribution in [0, 0.1) is 0 Å². The predicted molar refractivity (Wildman–Crippen MR) is 74.5 cm³/mol. The molecule has 1 aromatic heterocycles. The maximum Gasteiger partial charge on any atom is 0.134 e. The van der Waals surface area contributed by atoms with Gasteiger partial charge in [0.05, 0.1) is 19.3 Å². The SMILES string of the molecule is NCC1COCCN1c1cc(N2CCCC2)ncn1. The number of morpholine rings is 1. The van der Waals surface area contributed by atoms with Gasteiger partial charge in [-0.3, -0.25) is 0 Å². The molecule has 0 saturated carbocycles. The Kier molecular flexibility index (Phi) is 3.79. The molecule has 2 N–H and O–H groups in total. The molecule has 0 spiro atoms. The zero-order valence-electron chi connectivity index (χ0n) is 11.2. The molecule has 2 aliphatic rings. The van der Waals surface area contributed by atoms with E-state index in [9.17, 15) is 0 Å². The summed E-state index contributed by atoms with van der Waals surface area (Å²) in [5, 5.41) is 0. The van der Waals surface area contributed by atoms with Gasteiger partial charge in [-0.2, -0.15) is 0 Å². The molecule has 0 aromatic carbocycles. The molecular weight excluding hydrogens is 242 g/mol. The molecule has 1 atom stereocenters. The highest BCUT2D eigenvalue weighted by atomic mass is 16.5. The minimum absolute atomic E-state index is 0.218. The van der Waals surface area contributed by atoms with Crippen LogP contribution in [0.2, 0.25) is 0 Å². The van der Waals surface area contributed by atoms with Gasteiger partial charge in [-0.05, 0) is 12.8 Å². The Labute approximate surface area is 113 Å². The second-order valence-corrected chi connectivity index (χ2v) is 5.09. The van der Waals surface area contributed by atoms with Crippen LogP contribution in [0.15, 0.2) is 12.4 Å². The third-order valence-electron chi connectivity index (χ3n) is 3.86. The summed E-state index contributed by atoms with van der Waals surface area (Å²) in [5.41, 5.74) is 5.82. The monoisotopic (exact) mass is 263 g/mol. The number of ether oxygens (including phenoxy) is 1. The van der Waals surface area contributed by atoms with Crippen LogP contribution in [0.5, 0.6) is 0 Å². The molecule has 1 aromatic rings. The van der Waals surface area contributed by atoms with Gasteiger partial charge >= 0.3 is 0 Å². The van der Waals surface area contributed by atoms with Gasteiger partial charge in [0, 0.05) is 32.2 Å². The Balaban J connectivity index is 1.81. The van der Waals surface area contributed by atoms with Gasteiger partial charge in [0.1, 0.15) is 18.0 Å². The third kappa shape index (κ3) is 2.64. The Morgan fingerprint density at radius 1 is 1.21 bits per heavy atom. The minimum atomic E-state index is 0.218.